The molecule has 1 heterocycles. The molecule has 0 fully saturated rings. The van der Waals surface area contributed by atoms with Crippen LogP contribution in [0.3, 0.4) is 0 Å². The number of unbranched alkanes of at least 4 members (excludes halogenated alkanes) is 1. The first-order valence-corrected chi connectivity index (χ1v) is 10.5. The Morgan fingerprint density at radius 1 is 1.10 bits per heavy atom. The Morgan fingerprint density at radius 3 is 2.90 bits per heavy atom. The van der Waals surface area contributed by atoms with E-state index in [-0.39, 0.29) is 5.78 Å². The zero-order valence-corrected chi connectivity index (χ0v) is 17.0. The van der Waals surface area contributed by atoms with E-state index >= 15 is 0 Å². The van der Waals surface area contributed by atoms with Gasteiger partial charge in [-0.2, -0.15) is 0 Å². The third kappa shape index (κ3) is 4.92. The molecule has 4 rings (SSSR count). The first kappa shape index (κ1) is 19.4. The standard InChI is InChI=1S/C26H27NO2/c1-19(28)7-2-3-8-20-10-6-11-21-14-16-24(17-25(20)21)29-18-23-15-13-22-9-4-5-12-26(22)27-23/h4-5,8-9,12-17H,2-3,6-7,10-11,18H2,1H3/b20-8+. The summed E-state index contributed by atoms with van der Waals surface area (Å²) in [6.07, 6.45) is 8.27. The molecular weight excluding hydrogens is 358 g/mol. The minimum absolute atomic E-state index is 0.269. The van der Waals surface area contributed by atoms with Crippen LogP contribution in [0, 0.1) is 0 Å². The fourth-order valence-corrected chi connectivity index (χ4v) is 3.95. The number of ketones is 1. The predicted molar refractivity (Wildman–Crippen MR) is 118 cm³/mol. The van der Waals surface area contributed by atoms with Crippen LogP contribution >= 0.6 is 0 Å². The summed E-state index contributed by atoms with van der Waals surface area (Å²) in [5.41, 5.74) is 6.02. The van der Waals surface area contributed by atoms with Crippen LogP contribution in [0.2, 0.25) is 0 Å². The maximum atomic E-state index is 11.2. The van der Waals surface area contributed by atoms with E-state index < -0.39 is 0 Å². The molecule has 1 aliphatic rings. The minimum Gasteiger partial charge on any atom is -0.487 e. The summed E-state index contributed by atoms with van der Waals surface area (Å²) >= 11 is 0. The second-order valence-corrected chi connectivity index (χ2v) is 7.78. The van der Waals surface area contributed by atoms with Crippen molar-refractivity contribution < 1.29 is 9.53 Å². The van der Waals surface area contributed by atoms with Crippen molar-refractivity contribution in [1.29, 1.82) is 0 Å². The second-order valence-electron chi connectivity index (χ2n) is 7.78. The molecule has 3 heteroatoms. The van der Waals surface area contributed by atoms with Crippen LogP contribution in [0.5, 0.6) is 5.75 Å². The minimum atomic E-state index is 0.269. The molecule has 3 aromatic rings. The lowest BCUT2D eigenvalue weighted by molar-refractivity contribution is -0.117. The first-order valence-electron chi connectivity index (χ1n) is 10.5. The van der Waals surface area contributed by atoms with E-state index in [2.05, 4.69) is 36.4 Å². The van der Waals surface area contributed by atoms with Gasteiger partial charge in [0.05, 0.1) is 11.2 Å². The molecule has 0 amide bonds. The van der Waals surface area contributed by atoms with Crippen molar-refractivity contribution in [3.63, 3.8) is 0 Å². The monoisotopic (exact) mass is 385 g/mol. The Bertz CT molecular complexity index is 1050. The van der Waals surface area contributed by atoms with E-state index in [0.29, 0.717) is 13.0 Å². The van der Waals surface area contributed by atoms with E-state index in [1.165, 1.54) is 23.1 Å². The Kier molecular flexibility index (Phi) is 6.04. The number of carbonyl (C=O) groups is 1. The molecule has 148 valence electrons. The summed E-state index contributed by atoms with van der Waals surface area (Å²) in [5.74, 6) is 1.15. The first-order chi connectivity index (χ1) is 14.2. The average molecular weight is 386 g/mol. The third-order valence-electron chi connectivity index (χ3n) is 5.49. The van der Waals surface area contributed by atoms with Gasteiger partial charge in [-0.25, -0.2) is 4.98 Å². The number of Topliss-reactive ketones (excluding diaryl/α,β-unsaturated/α-hetero) is 1. The summed E-state index contributed by atoms with van der Waals surface area (Å²) in [7, 11) is 0. The largest absolute Gasteiger partial charge is 0.487 e. The lowest BCUT2D eigenvalue weighted by Crippen LogP contribution is -2.04. The molecule has 0 radical (unpaired) electrons. The number of aryl methyl sites for hydroxylation is 1. The van der Waals surface area contributed by atoms with Crippen LogP contribution in [0.4, 0.5) is 0 Å². The van der Waals surface area contributed by atoms with Crippen molar-refractivity contribution in [2.75, 3.05) is 0 Å². The lowest BCUT2D eigenvalue weighted by Gasteiger charge is -2.20. The van der Waals surface area contributed by atoms with Gasteiger partial charge in [0.2, 0.25) is 0 Å². The van der Waals surface area contributed by atoms with Gasteiger partial charge in [-0.1, -0.05) is 36.4 Å². The molecule has 1 aliphatic carbocycles. The predicted octanol–water partition coefficient (Wildman–Crippen LogP) is 6.29. The second kappa shape index (κ2) is 9.04. The average Bonchev–Trinajstić information content (AvgIpc) is 2.75. The zero-order chi connectivity index (χ0) is 20.1. The van der Waals surface area contributed by atoms with Gasteiger partial charge in [-0.15, -0.1) is 0 Å². The third-order valence-corrected chi connectivity index (χ3v) is 5.49. The topological polar surface area (TPSA) is 39.2 Å². The molecule has 0 saturated carbocycles. The lowest BCUT2D eigenvalue weighted by atomic mass is 9.86. The van der Waals surface area contributed by atoms with Gasteiger partial charge in [-0.3, -0.25) is 0 Å². The molecule has 1 aromatic heterocycles. The van der Waals surface area contributed by atoms with Gasteiger partial charge in [-0.05, 0) is 80.0 Å². The molecule has 0 atom stereocenters. The van der Waals surface area contributed by atoms with Crippen LogP contribution in [-0.4, -0.2) is 10.8 Å². The maximum absolute atomic E-state index is 11.2. The number of pyridine rings is 1. The summed E-state index contributed by atoms with van der Waals surface area (Å²) in [6, 6.07) is 18.7. The Balaban J connectivity index is 1.46. The van der Waals surface area contributed by atoms with E-state index in [1.54, 1.807) is 6.92 Å². The summed E-state index contributed by atoms with van der Waals surface area (Å²) in [5, 5.41) is 1.14. The van der Waals surface area contributed by atoms with E-state index in [9.17, 15) is 4.79 Å². The fraction of sp³-hybridized carbons (Fsp3) is 0.308. The number of carbonyl (C=O) groups excluding carboxylic acids is 1. The van der Waals surface area contributed by atoms with Gasteiger partial charge >= 0.3 is 0 Å². The highest BCUT2D eigenvalue weighted by molar-refractivity contribution is 5.78. The van der Waals surface area contributed by atoms with Crippen molar-refractivity contribution in [1.82, 2.24) is 4.98 Å². The molecule has 0 bridgehead atoms. The van der Waals surface area contributed by atoms with E-state index in [4.69, 9.17) is 9.72 Å². The number of rotatable bonds is 7. The quantitative estimate of drug-likeness (QED) is 0.449. The molecule has 0 unspecified atom stereocenters. The maximum Gasteiger partial charge on any atom is 0.130 e. The molecular formula is C26H27NO2. The number of benzene rings is 2. The molecule has 0 N–H and O–H groups in total. The molecule has 3 nitrogen and oxygen atoms in total. The Morgan fingerprint density at radius 2 is 2.00 bits per heavy atom. The number of allylic oxidation sites excluding steroid dienone is 2. The Labute approximate surface area is 172 Å². The van der Waals surface area contributed by atoms with Crippen molar-refractivity contribution in [2.24, 2.45) is 0 Å². The smallest absolute Gasteiger partial charge is 0.130 e. The van der Waals surface area contributed by atoms with Crippen LogP contribution < -0.4 is 4.74 Å². The highest BCUT2D eigenvalue weighted by atomic mass is 16.5. The molecule has 0 saturated heterocycles. The van der Waals surface area contributed by atoms with Crippen molar-refractivity contribution in [3.05, 3.63) is 77.5 Å². The van der Waals surface area contributed by atoms with Gasteiger partial charge in [0, 0.05) is 11.8 Å². The van der Waals surface area contributed by atoms with E-state index in [0.717, 1.165) is 48.0 Å². The number of nitrogens with zero attached hydrogens (tertiary/aromatic N) is 1. The number of fused-ring (bicyclic) bond motifs is 2. The number of hydrogen-bond donors (Lipinski definition) is 0. The van der Waals surface area contributed by atoms with Crippen LogP contribution in [0.15, 0.2) is 60.7 Å². The van der Waals surface area contributed by atoms with Gasteiger partial charge in [0.1, 0.15) is 18.1 Å². The fourth-order valence-electron chi connectivity index (χ4n) is 3.95. The number of aromatic nitrogens is 1. The van der Waals surface area contributed by atoms with Crippen molar-refractivity contribution >= 4 is 22.3 Å². The van der Waals surface area contributed by atoms with Gasteiger partial charge in [0.25, 0.3) is 0 Å². The molecule has 0 spiro atoms. The van der Waals surface area contributed by atoms with Crippen molar-refractivity contribution in [2.45, 2.75) is 52.1 Å². The normalized spacial score (nSPS) is 14.7. The summed E-state index contributed by atoms with van der Waals surface area (Å²) in [4.78, 5) is 15.8. The highest BCUT2D eigenvalue weighted by Gasteiger charge is 2.15. The number of para-hydroxylation sites is 1. The van der Waals surface area contributed by atoms with Crippen LogP contribution in [0.25, 0.3) is 16.5 Å². The van der Waals surface area contributed by atoms with E-state index in [1.807, 2.05) is 24.3 Å². The summed E-state index contributed by atoms with van der Waals surface area (Å²) < 4.78 is 6.08. The van der Waals surface area contributed by atoms with Crippen molar-refractivity contribution in [3.8, 4) is 5.75 Å². The summed E-state index contributed by atoms with van der Waals surface area (Å²) in [6.45, 7) is 2.12. The van der Waals surface area contributed by atoms with Gasteiger partial charge < -0.3 is 9.53 Å². The van der Waals surface area contributed by atoms with Crippen LogP contribution in [-0.2, 0) is 17.8 Å². The number of ether oxygens (including phenoxy) is 1. The molecule has 2 aromatic carbocycles. The SMILES string of the molecule is CC(=O)CCC/C=C1\CCCc2ccc(OCc3ccc4ccccc4n3)cc21. The zero-order valence-electron chi connectivity index (χ0n) is 17.0. The van der Waals surface area contributed by atoms with Gasteiger partial charge in [0.15, 0.2) is 0 Å². The Hall–Kier alpha value is -2.94. The molecule has 29 heavy (non-hydrogen) atoms. The number of hydrogen-bond acceptors (Lipinski definition) is 3. The highest BCUT2D eigenvalue weighted by Crippen LogP contribution is 2.34. The molecule has 0 aliphatic heterocycles. The van der Waals surface area contributed by atoms with Crippen LogP contribution in [0.1, 0.15) is 55.8 Å².